The van der Waals surface area contributed by atoms with Gasteiger partial charge in [-0.1, -0.05) is 0 Å². The number of aromatic nitrogens is 1. The number of anilines is 2. The third-order valence-electron chi connectivity index (χ3n) is 4.24. The van der Waals surface area contributed by atoms with Gasteiger partial charge in [-0.25, -0.2) is 4.39 Å². The van der Waals surface area contributed by atoms with Crippen molar-refractivity contribution in [2.45, 2.75) is 25.7 Å². The van der Waals surface area contributed by atoms with Crippen LogP contribution in [-0.2, 0) is 16.0 Å². The zero-order valence-corrected chi connectivity index (χ0v) is 13.2. The molecule has 2 aliphatic heterocycles. The first-order valence-electron chi connectivity index (χ1n) is 7.42. The van der Waals surface area contributed by atoms with Gasteiger partial charge >= 0.3 is 0 Å². The van der Waals surface area contributed by atoms with Gasteiger partial charge in [0.2, 0.25) is 11.8 Å². The SMILES string of the molecule is Cc1cc(NC(=O)C2C(=O)N3CCCc4cc(F)cc2c43)sn1. The van der Waals surface area contributed by atoms with E-state index in [0.717, 1.165) is 41.3 Å². The Kier molecular flexibility index (Phi) is 3.19. The van der Waals surface area contributed by atoms with E-state index in [4.69, 9.17) is 0 Å². The van der Waals surface area contributed by atoms with Gasteiger partial charge in [0.25, 0.3) is 0 Å². The summed E-state index contributed by atoms with van der Waals surface area (Å²) >= 11 is 1.16. The van der Waals surface area contributed by atoms with Gasteiger partial charge in [0.1, 0.15) is 16.7 Å². The number of nitrogens with one attached hydrogen (secondary N) is 1. The molecule has 1 aromatic carbocycles. The van der Waals surface area contributed by atoms with Crippen molar-refractivity contribution in [2.24, 2.45) is 0 Å². The van der Waals surface area contributed by atoms with E-state index >= 15 is 0 Å². The Morgan fingerprint density at radius 3 is 3.00 bits per heavy atom. The molecule has 7 heteroatoms. The molecule has 1 atom stereocenters. The topological polar surface area (TPSA) is 62.3 Å². The predicted octanol–water partition coefficient (Wildman–Crippen LogP) is 2.61. The van der Waals surface area contributed by atoms with Gasteiger partial charge in [0, 0.05) is 12.1 Å². The Morgan fingerprint density at radius 2 is 2.26 bits per heavy atom. The zero-order chi connectivity index (χ0) is 16.1. The molecule has 0 bridgehead atoms. The molecule has 2 aliphatic rings. The number of carbonyl (C=O) groups is 2. The second-order valence-corrected chi connectivity index (χ2v) is 6.66. The molecule has 118 valence electrons. The zero-order valence-electron chi connectivity index (χ0n) is 12.4. The monoisotopic (exact) mass is 331 g/mol. The van der Waals surface area contributed by atoms with Crippen molar-refractivity contribution < 1.29 is 14.0 Å². The van der Waals surface area contributed by atoms with Crippen LogP contribution in [0.5, 0.6) is 0 Å². The lowest BCUT2D eigenvalue weighted by Gasteiger charge is -2.25. The molecule has 2 aromatic rings. The lowest BCUT2D eigenvalue weighted by molar-refractivity contribution is -0.126. The number of rotatable bonds is 2. The third-order valence-corrected chi connectivity index (χ3v) is 5.04. The predicted molar refractivity (Wildman–Crippen MR) is 85.3 cm³/mol. The van der Waals surface area contributed by atoms with Gasteiger partial charge in [-0.3, -0.25) is 9.59 Å². The van der Waals surface area contributed by atoms with E-state index in [0.29, 0.717) is 17.1 Å². The van der Waals surface area contributed by atoms with Crippen molar-refractivity contribution in [1.29, 1.82) is 0 Å². The van der Waals surface area contributed by atoms with Crippen LogP contribution in [0.1, 0.15) is 29.2 Å². The van der Waals surface area contributed by atoms with Crippen molar-refractivity contribution in [2.75, 3.05) is 16.8 Å². The maximum Gasteiger partial charge on any atom is 0.244 e. The van der Waals surface area contributed by atoms with Crippen LogP contribution < -0.4 is 10.2 Å². The molecule has 0 saturated carbocycles. The highest BCUT2D eigenvalue weighted by molar-refractivity contribution is 7.10. The van der Waals surface area contributed by atoms with E-state index in [1.807, 2.05) is 6.92 Å². The lowest BCUT2D eigenvalue weighted by Crippen LogP contribution is -2.36. The molecule has 0 radical (unpaired) electrons. The van der Waals surface area contributed by atoms with E-state index in [1.165, 1.54) is 12.1 Å². The van der Waals surface area contributed by atoms with Crippen LogP contribution in [0.15, 0.2) is 18.2 Å². The average molecular weight is 331 g/mol. The number of halogens is 1. The van der Waals surface area contributed by atoms with Crippen LogP contribution in [0.3, 0.4) is 0 Å². The van der Waals surface area contributed by atoms with Crippen molar-refractivity contribution in [3.05, 3.63) is 40.8 Å². The van der Waals surface area contributed by atoms with E-state index in [2.05, 4.69) is 9.69 Å². The van der Waals surface area contributed by atoms with E-state index in [-0.39, 0.29) is 5.91 Å². The fraction of sp³-hybridized carbons (Fsp3) is 0.312. The molecule has 23 heavy (non-hydrogen) atoms. The van der Waals surface area contributed by atoms with Gasteiger partial charge in [0.15, 0.2) is 0 Å². The maximum atomic E-state index is 13.9. The molecule has 4 rings (SSSR count). The molecule has 0 saturated heterocycles. The second-order valence-electron chi connectivity index (χ2n) is 5.85. The Bertz CT molecular complexity index is 833. The van der Waals surface area contributed by atoms with E-state index in [9.17, 15) is 14.0 Å². The van der Waals surface area contributed by atoms with Crippen molar-refractivity contribution >= 4 is 34.0 Å². The molecule has 1 aromatic heterocycles. The van der Waals surface area contributed by atoms with Crippen molar-refractivity contribution in [1.82, 2.24) is 4.37 Å². The molecular weight excluding hydrogens is 317 g/mol. The lowest BCUT2D eigenvalue weighted by atomic mass is 9.95. The summed E-state index contributed by atoms with van der Waals surface area (Å²) in [6.45, 7) is 2.40. The van der Waals surface area contributed by atoms with E-state index < -0.39 is 17.6 Å². The minimum atomic E-state index is -0.986. The largest absolute Gasteiger partial charge is 0.315 e. The first-order chi connectivity index (χ1) is 11.0. The van der Waals surface area contributed by atoms with Gasteiger partial charge in [0.05, 0.1) is 11.4 Å². The van der Waals surface area contributed by atoms with Gasteiger partial charge in [-0.05, 0) is 55.1 Å². The molecular formula is C16H14FN3O2S. The minimum Gasteiger partial charge on any atom is -0.315 e. The Balaban J connectivity index is 1.73. The fourth-order valence-corrected chi connectivity index (χ4v) is 4.00. The highest BCUT2D eigenvalue weighted by Gasteiger charge is 2.44. The summed E-state index contributed by atoms with van der Waals surface area (Å²) in [4.78, 5) is 26.9. The highest BCUT2D eigenvalue weighted by atomic mass is 32.1. The number of benzene rings is 1. The van der Waals surface area contributed by atoms with Crippen LogP contribution in [0.2, 0.25) is 0 Å². The van der Waals surface area contributed by atoms with Gasteiger partial charge in [-0.2, -0.15) is 4.37 Å². The Morgan fingerprint density at radius 1 is 1.43 bits per heavy atom. The fourth-order valence-electron chi connectivity index (χ4n) is 3.34. The second kappa shape index (κ2) is 5.13. The number of nitrogens with zero attached hydrogens (tertiary/aromatic N) is 2. The molecule has 5 nitrogen and oxygen atoms in total. The van der Waals surface area contributed by atoms with Gasteiger partial charge < -0.3 is 10.2 Å². The molecule has 3 heterocycles. The normalized spacial score (nSPS) is 19.0. The third kappa shape index (κ3) is 2.23. The maximum absolute atomic E-state index is 13.9. The van der Waals surface area contributed by atoms with Crippen molar-refractivity contribution in [3.8, 4) is 0 Å². The van der Waals surface area contributed by atoms with Crippen LogP contribution >= 0.6 is 11.5 Å². The summed E-state index contributed by atoms with van der Waals surface area (Å²) in [6, 6.07) is 4.52. The van der Waals surface area contributed by atoms with Crippen molar-refractivity contribution in [3.63, 3.8) is 0 Å². The summed E-state index contributed by atoms with van der Waals surface area (Å²) in [6.07, 6.45) is 1.51. The summed E-state index contributed by atoms with van der Waals surface area (Å²) in [5.41, 5.74) is 2.81. The first kappa shape index (κ1) is 14.3. The molecule has 0 spiro atoms. The molecule has 1 unspecified atom stereocenters. The van der Waals surface area contributed by atoms with Crippen LogP contribution in [0.25, 0.3) is 0 Å². The Labute approximate surface area is 136 Å². The summed E-state index contributed by atoms with van der Waals surface area (Å²) in [5, 5.41) is 3.32. The minimum absolute atomic E-state index is 0.273. The number of amides is 2. The molecule has 0 aliphatic carbocycles. The summed E-state index contributed by atoms with van der Waals surface area (Å²) in [5.74, 6) is -2.09. The molecule has 0 fully saturated rings. The highest BCUT2D eigenvalue weighted by Crippen LogP contribution is 2.43. The standard InChI is InChI=1S/C16H14FN3O2S/c1-8-5-12(23-19-8)18-15(21)13-11-7-10(17)6-9-3-2-4-20(14(9)11)16(13)22/h5-7,13H,2-4H2,1H3,(H,18,21). The number of aryl methyl sites for hydroxylation is 2. The smallest absolute Gasteiger partial charge is 0.244 e. The summed E-state index contributed by atoms with van der Waals surface area (Å²) < 4.78 is 18.0. The van der Waals surface area contributed by atoms with Crippen LogP contribution in [0.4, 0.5) is 15.1 Å². The molecule has 2 amide bonds. The van der Waals surface area contributed by atoms with Crippen LogP contribution in [-0.4, -0.2) is 22.7 Å². The first-order valence-corrected chi connectivity index (χ1v) is 8.20. The average Bonchev–Trinajstić information content (AvgIpc) is 3.02. The van der Waals surface area contributed by atoms with Crippen LogP contribution in [0, 0.1) is 12.7 Å². The quantitative estimate of drug-likeness (QED) is 0.861. The molecule has 1 N–H and O–H groups in total. The number of hydrogen-bond acceptors (Lipinski definition) is 4. The number of hydrogen-bond donors (Lipinski definition) is 1. The summed E-state index contributed by atoms with van der Waals surface area (Å²) in [7, 11) is 0. The van der Waals surface area contributed by atoms with Gasteiger partial charge in [-0.15, -0.1) is 0 Å². The Hall–Kier alpha value is -2.28. The van der Waals surface area contributed by atoms with E-state index in [1.54, 1.807) is 11.0 Å². The number of carbonyl (C=O) groups excluding carboxylic acids is 2.